The average molecular weight is 715 g/mol. The first kappa shape index (κ1) is 34.2. The van der Waals surface area contributed by atoms with Crippen molar-refractivity contribution >= 4 is 56.6 Å². The number of aryl methyl sites for hydroxylation is 6. The van der Waals surface area contributed by atoms with Gasteiger partial charge in [0.25, 0.3) is 5.91 Å². The van der Waals surface area contributed by atoms with Crippen LogP contribution >= 0.6 is 23.2 Å². The summed E-state index contributed by atoms with van der Waals surface area (Å²) in [6.07, 6.45) is 1.58. The predicted octanol–water partition coefficient (Wildman–Crippen LogP) is 8.29. The molecule has 0 saturated heterocycles. The molecule has 7 rings (SSSR count). The molecule has 2 N–H and O–H groups in total. The van der Waals surface area contributed by atoms with E-state index in [-0.39, 0.29) is 11.9 Å². The molecule has 6 aromatic rings. The third kappa shape index (κ3) is 5.48. The summed E-state index contributed by atoms with van der Waals surface area (Å²) >= 11 is 13.5. The van der Waals surface area contributed by atoms with Crippen LogP contribution in [-0.4, -0.2) is 48.2 Å². The normalized spacial score (nSPS) is 14.8. The minimum absolute atomic E-state index is 0.119. The third-order valence-corrected chi connectivity index (χ3v) is 11.1. The number of fused-ring (bicyclic) bond motifs is 4. The van der Waals surface area contributed by atoms with E-state index in [0.29, 0.717) is 42.3 Å². The number of nitrogens with zero attached hydrogens (tertiary/aromatic N) is 5. The second kappa shape index (κ2) is 12.8. The number of aliphatic hydroxyl groups is 2. The molecule has 0 unspecified atom stereocenters. The molecule has 9 nitrogen and oxygen atoms in total. The molecule has 1 aliphatic rings. The molecule has 1 atom stereocenters. The summed E-state index contributed by atoms with van der Waals surface area (Å²) in [6.45, 7) is 11.0. The first-order chi connectivity index (χ1) is 23.8. The molecule has 0 radical (unpaired) electrons. The quantitative estimate of drug-likeness (QED) is 0.122. The van der Waals surface area contributed by atoms with Gasteiger partial charge in [-0.1, -0.05) is 35.3 Å². The first-order valence-electron chi connectivity index (χ1n) is 16.8. The molecule has 0 saturated carbocycles. The molecule has 0 bridgehead atoms. The van der Waals surface area contributed by atoms with E-state index in [4.69, 9.17) is 33.0 Å². The number of carbonyl (C=O) groups excluding carboxylic acids is 1. The monoisotopic (exact) mass is 713 g/mol. The van der Waals surface area contributed by atoms with Crippen LogP contribution < -0.4 is 9.64 Å². The number of carbonyl (C=O) groups is 1. The summed E-state index contributed by atoms with van der Waals surface area (Å²) in [7, 11) is 3.86. The second-order valence-corrected chi connectivity index (χ2v) is 14.3. The fourth-order valence-corrected chi connectivity index (χ4v) is 8.06. The van der Waals surface area contributed by atoms with Crippen LogP contribution in [-0.2, 0) is 20.5 Å². The zero-order chi connectivity index (χ0) is 35.8. The topological polar surface area (TPSA) is 97.7 Å². The van der Waals surface area contributed by atoms with Gasteiger partial charge in [0.1, 0.15) is 11.4 Å². The molecule has 11 heteroatoms. The van der Waals surface area contributed by atoms with E-state index >= 15 is 0 Å². The number of halogens is 2. The van der Waals surface area contributed by atoms with Crippen LogP contribution in [0.15, 0.2) is 48.7 Å². The Labute approximate surface area is 301 Å². The number of aliphatic hydroxyl groups excluding tert-OH is 1. The summed E-state index contributed by atoms with van der Waals surface area (Å²) in [5, 5.41) is 27.7. The van der Waals surface area contributed by atoms with Gasteiger partial charge in [-0.3, -0.25) is 9.48 Å². The minimum atomic E-state index is -1.62. The number of rotatable bonds is 8. The second-order valence-electron chi connectivity index (χ2n) is 13.5. The number of hydrogen-bond acceptors (Lipinski definition) is 5. The Balaban J connectivity index is 1.37. The molecule has 3 aromatic carbocycles. The molecule has 50 heavy (non-hydrogen) atoms. The van der Waals surface area contributed by atoms with Gasteiger partial charge in [-0.05, 0) is 94.5 Å². The van der Waals surface area contributed by atoms with Crippen molar-refractivity contribution in [3.05, 3.63) is 98.0 Å². The molecule has 1 amide bonds. The van der Waals surface area contributed by atoms with E-state index < -0.39 is 6.29 Å². The lowest BCUT2D eigenvalue weighted by Gasteiger charge is -2.34. The largest absolute Gasteiger partial charge is 0.494 e. The Bertz CT molecular complexity index is 2310. The summed E-state index contributed by atoms with van der Waals surface area (Å²) in [4.78, 5) is 16.8. The molecule has 4 heterocycles. The summed E-state index contributed by atoms with van der Waals surface area (Å²) in [5.41, 5.74) is 10.1. The van der Waals surface area contributed by atoms with Gasteiger partial charge in [-0.15, -0.1) is 0 Å². The van der Waals surface area contributed by atoms with Gasteiger partial charge in [0.15, 0.2) is 6.29 Å². The smallest absolute Gasteiger partial charge is 0.275 e. The van der Waals surface area contributed by atoms with Crippen LogP contribution in [0, 0.1) is 27.7 Å². The van der Waals surface area contributed by atoms with Gasteiger partial charge in [-0.25, -0.2) is 0 Å². The minimum Gasteiger partial charge on any atom is -0.494 e. The van der Waals surface area contributed by atoms with Crippen molar-refractivity contribution < 1.29 is 19.7 Å². The van der Waals surface area contributed by atoms with Crippen molar-refractivity contribution in [3.8, 4) is 16.9 Å². The van der Waals surface area contributed by atoms with Crippen molar-refractivity contribution in [2.45, 2.75) is 59.8 Å². The zero-order valence-electron chi connectivity index (χ0n) is 29.3. The summed E-state index contributed by atoms with van der Waals surface area (Å²) in [5.74, 6) is 0.646. The molecule has 0 aliphatic carbocycles. The standard InChI is InChI=1S/C39H41Cl2N5O4/c1-20-15-26(16-21(2)35(20)41)50-14-8-9-27-28-11-12-30(40)34(33-23(4)42-44(7)24(33)5)36(28)46-22(3)18-45(38(47)37(27)46)32-19-43(6)31-13-10-25(39(48)49)17-29(31)32/h10-13,15-17,19,22,39,48-49H,8-9,14,18H2,1-7H3/t22-/m1/s1. The lowest BCUT2D eigenvalue weighted by molar-refractivity contribution is -0.0423. The van der Waals surface area contributed by atoms with Gasteiger partial charge in [0.05, 0.1) is 28.5 Å². The number of anilines is 1. The average Bonchev–Trinajstić information content (AvgIpc) is 3.67. The van der Waals surface area contributed by atoms with Gasteiger partial charge in [-0.2, -0.15) is 5.10 Å². The highest BCUT2D eigenvalue weighted by molar-refractivity contribution is 6.35. The zero-order valence-corrected chi connectivity index (χ0v) is 30.8. The van der Waals surface area contributed by atoms with Crippen molar-refractivity contribution in [1.29, 1.82) is 0 Å². The molecule has 260 valence electrons. The SMILES string of the molecule is Cc1cc(OCCCc2c3n(c4c(-c5c(C)nn(C)c5C)c(Cl)ccc24)[C@H](C)CN(c2cn(C)c4ccc(C(O)O)cc24)C3=O)cc(C)c1Cl. The highest BCUT2D eigenvalue weighted by Gasteiger charge is 2.37. The third-order valence-electron chi connectivity index (χ3n) is 10.1. The van der Waals surface area contributed by atoms with Gasteiger partial charge in [0.2, 0.25) is 0 Å². The Hall–Kier alpha value is -4.28. The predicted molar refractivity (Wildman–Crippen MR) is 200 cm³/mol. The van der Waals surface area contributed by atoms with E-state index in [1.54, 1.807) is 12.1 Å². The molecule has 0 fully saturated rings. The van der Waals surface area contributed by atoms with Crippen LogP contribution in [0.1, 0.15) is 69.8 Å². The summed E-state index contributed by atoms with van der Waals surface area (Å²) < 4.78 is 12.2. The number of aromatic nitrogens is 4. The Kier molecular flexibility index (Phi) is 8.75. The maximum atomic E-state index is 15.0. The van der Waals surface area contributed by atoms with E-state index in [2.05, 4.69) is 11.5 Å². The van der Waals surface area contributed by atoms with E-state index in [0.717, 1.165) is 77.5 Å². The molecule has 1 aliphatic heterocycles. The van der Waals surface area contributed by atoms with Gasteiger partial charge < -0.3 is 29.0 Å². The van der Waals surface area contributed by atoms with Crippen LogP contribution in [0.2, 0.25) is 10.0 Å². The van der Waals surface area contributed by atoms with Crippen LogP contribution in [0.4, 0.5) is 5.69 Å². The van der Waals surface area contributed by atoms with E-state index in [1.165, 1.54) is 0 Å². The fourth-order valence-electron chi connectivity index (χ4n) is 7.70. The lowest BCUT2D eigenvalue weighted by atomic mass is 9.98. The first-order valence-corrected chi connectivity index (χ1v) is 17.6. The highest BCUT2D eigenvalue weighted by atomic mass is 35.5. The molecular weight excluding hydrogens is 673 g/mol. The van der Waals surface area contributed by atoms with Crippen molar-refractivity contribution in [2.24, 2.45) is 14.1 Å². The molecule has 0 spiro atoms. The molecule has 3 aromatic heterocycles. The molecular formula is C39H41Cl2N5O4. The fraction of sp³-hybridized carbons (Fsp3) is 0.333. The van der Waals surface area contributed by atoms with Crippen molar-refractivity contribution in [3.63, 3.8) is 0 Å². The lowest BCUT2D eigenvalue weighted by Crippen LogP contribution is -2.42. The number of amides is 1. The number of ether oxygens (including phenoxy) is 1. The van der Waals surface area contributed by atoms with E-state index in [9.17, 15) is 15.0 Å². The summed E-state index contributed by atoms with van der Waals surface area (Å²) in [6, 6.07) is 13.0. The number of benzene rings is 3. The highest BCUT2D eigenvalue weighted by Crippen LogP contribution is 2.46. The van der Waals surface area contributed by atoms with Crippen molar-refractivity contribution in [2.75, 3.05) is 18.1 Å². The maximum absolute atomic E-state index is 15.0. The van der Waals surface area contributed by atoms with Crippen LogP contribution in [0.3, 0.4) is 0 Å². The van der Waals surface area contributed by atoms with Crippen LogP contribution in [0.5, 0.6) is 5.75 Å². The number of hydrogen-bond donors (Lipinski definition) is 2. The maximum Gasteiger partial charge on any atom is 0.275 e. The van der Waals surface area contributed by atoms with Gasteiger partial charge in [0, 0.05) is 76.6 Å². The van der Waals surface area contributed by atoms with Crippen molar-refractivity contribution in [1.82, 2.24) is 18.9 Å². The Morgan fingerprint density at radius 2 is 1.70 bits per heavy atom. The van der Waals surface area contributed by atoms with Gasteiger partial charge >= 0.3 is 0 Å². The Morgan fingerprint density at radius 1 is 0.980 bits per heavy atom. The Morgan fingerprint density at radius 3 is 2.36 bits per heavy atom. The van der Waals surface area contributed by atoms with E-state index in [1.807, 2.05) is 92.5 Å². The van der Waals surface area contributed by atoms with Crippen LogP contribution in [0.25, 0.3) is 32.9 Å².